The lowest BCUT2D eigenvalue weighted by molar-refractivity contribution is -0.122. The number of benzene rings is 1. The van der Waals surface area contributed by atoms with Crippen LogP contribution in [0.4, 0.5) is 0 Å². The summed E-state index contributed by atoms with van der Waals surface area (Å²) >= 11 is 5.87. The molecule has 1 amide bonds. The molecule has 0 radical (unpaired) electrons. The lowest BCUT2D eigenvalue weighted by Gasteiger charge is -2.35. The van der Waals surface area contributed by atoms with E-state index in [0.29, 0.717) is 24.2 Å². The lowest BCUT2D eigenvalue weighted by Crippen LogP contribution is -2.50. The Morgan fingerprint density at radius 3 is 2.39 bits per heavy atom. The third-order valence-electron chi connectivity index (χ3n) is 4.46. The smallest absolute Gasteiger partial charge is 0.234 e. The van der Waals surface area contributed by atoms with Gasteiger partial charge in [-0.25, -0.2) is 0 Å². The maximum Gasteiger partial charge on any atom is 0.234 e. The lowest BCUT2D eigenvalue weighted by atomic mass is 10.1. The van der Waals surface area contributed by atoms with Crippen LogP contribution < -0.4 is 5.32 Å². The first-order valence-corrected chi connectivity index (χ1v) is 8.65. The number of carbonyl (C=O) groups excluding carboxylic acids is 1. The highest BCUT2D eigenvalue weighted by atomic mass is 35.5. The Morgan fingerprint density at radius 2 is 1.78 bits per heavy atom. The largest absolute Gasteiger partial charge is 0.387 e. The fraction of sp³-hybridized carbons (Fsp3) is 0.588. The zero-order valence-corrected chi connectivity index (χ0v) is 14.0. The van der Waals surface area contributed by atoms with Gasteiger partial charge in [0, 0.05) is 43.8 Å². The molecule has 5 nitrogen and oxygen atoms in total. The third kappa shape index (κ3) is 5.18. The molecule has 1 unspecified atom stereocenters. The molecule has 1 saturated carbocycles. The average Bonchev–Trinajstić information content (AvgIpc) is 3.33. The molecule has 0 bridgehead atoms. The van der Waals surface area contributed by atoms with Crippen LogP contribution in [0, 0.1) is 0 Å². The molecule has 23 heavy (non-hydrogen) atoms. The van der Waals surface area contributed by atoms with E-state index in [0.717, 1.165) is 44.6 Å². The Balaban J connectivity index is 1.39. The maximum atomic E-state index is 11.8. The number of aliphatic hydroxyl groups excluding tert-OH is 1. The summed E-state index contributed by atoms with van der Waals surface area (Å²) in [5.74, 6) is 0.141. The van der Waals surface area contributed by atoms with Crippen molar-refractivity contribution in [2.45, 2.75) is 25.0 Å². The number of nitrogens with zero attached hydrogens (tertiary/aromatic N) is 2. The zero-order valence-electron chi connectivity index (χ0n) is 13.2. The van der Waals surface area contributed by atoms with Crippen molar-refractivity contribution >= 4 is 17.5 Å². The van der Waals surface area contributed by atoms with Crippen LogP contribution in [0.1, 0.15) is 24.5 Å². The summed E-state index contributed by atoms with van der Waals surface area (Å²) in [6.45, 7) is 4.59. The molecule has 1 atom stereocenters. The molecule has 2 aliphatic rings. The topological polar surface area (TPSA) is 55.8 Å². The number of nitrogens with one attached hydrogen (secondary N) is 1. The minimum atomic E-state index is -0.503. The molecule has 3 rings (SSSR count). The predicted molar refractivity (Wildman–Crippen MR) is 90.5 cm³/mol. The van der Waals surface area contributed by atoms with Gasteiger partial charge in [0.15, 0.2) is 0 Å². The number of piperazine rings is 1. The van der Waals surface area contributed by atoms with Crippen LogP contribution in [0.2, 0.25) is 5.02 Å². The number of hydrogen-bond acceptors (Lipinski definition) is 4. The number of aliphatic hydroxyl groups is 1. The van der Waals surface area contributed by atoms with Crippen molar-refractivity contribution in [2.75, 3.05) is 39.3 Å². The van der Waals surface area contributed by atoms with Gasteiger partial charge in [-0.2, -0.15) is 0 Å². The van der Waals surface area contributed by atoms with Crippen LogP contribution in [0.5, 0.6) is 0 Å². The van der Waals surface area contributed by atoms with Crippen LogP contribution in [0.15, 0.2) is 24.3 Å². The predicted octanol–water partition coefficient (Wildman–Crippen LogP) is 1.27. The van der Waals surface area contributed by atoms with E-state index in [4.69, 9.17) is 11.6 Å². The first kappa shape index (κ1) is 16.7. The number of rotatable bonds is 6. The fourth-order valence-electron chi connectivity index (χ4n) is 2.87. The van der Waals surface area contributed by atoms with E-state index in [2.05, 4.69) is 15.1 Å². The maximum absolute atomic E-state index is 11.8. The van der Waals surface area contributed by atoms with Crippen molar-refractivity contribution in [3.05, 3.63) is 34.9 Å². The molecule has 1 aromatic carbocycles. The van der Waals surface area contributed by atoms with Crippen LogP contribution in [0.3, 0.4) is 0 Å². The molecule has 2 N–H and O–H groups in total. The Hall–Kier alpha value is -1.14. The molecule has 1 heterocycles. The Kier molecular flexibility index (Phi) is 5.54. The number of halogens is 1. The highest BCUT2D eigenvalue weighted by Gasteiger charge is 2.25. The van der Waals surface area contributed by atoms with Crippen molar-refractivity contribution < 1.29 is 9.90 Å². The second-order valence-electron chi connectivity index (χ2n) is 6.49. The Labute approximate surface area is 142 Å². The Bertz CT molecular complexity index is 525. The zero-order chi connectivity index (χ0) is 16.2. The van der Waals surface area contributed by atoms with Crippen molar-refractivity contribution in [3.8, 4) is 0 Å². The summed E-state index contributed by atoms with van der Waals surface area (Å²) in [4.78, 5) is 16.2. The monoisotopic (exact) mass is 337 g/mol. The van der Waals surface area contributed by atoms with Crippen molar-refractivity contribution in [1.82, 2.24) is 15.1 Å². The minimum Gasteiger partial charge on any atom is -0.387 e. The fourth-order valence-corrected chi connectivity index (χ4v) is 2.99. The van der Waals surface area contributed by atoms with Crippen molar-refractivity contribution in [2.24, 2.45) is 0 Å². The second-order valence-corrected chi connectivity index (χ2v) is 6.92. The van der Waals surface area contributed by atoms with E-state index in [1.54, 1.807) is 12.1 Å². The summed E-state index contributed by atoms with van der Waals surface area (Å²) < 4.78 is 0. The van der Waals surface area contributed by atoms with Gasteiger partial charge in [-0.3, -0.25) is 14.6 Å². The van der Waals surface area contributed by atoms with Gasteiger partial charge in [0.1, 0.15) is 0 Å². The van der Waals surface area contributed by atoms with E-state index >= 15 is 0 Å². The summed E-state index contributed by atoms with van der Waals surface area (Å²) in [5.41, 5.74) is 0.889. The molecule has 1 saturated heterocycles. The van der Waals surface area contributed by atoms with Crippen LogP contribution in [0.25, 0.3) is 0 Å². The van der Waals surface area contributed by atoms with Crippen LogP contribution >= 0.6 is 11.6 Å². The second kappa shape index (κ2) is 7.62. The number of β-amino-alcohol motifs (C(OH)–C–C–N with tert-alkyl or cyclic N) is 1. The molecular weight excluding hydrogens is 314 g/mol. The first-order valence-electron chi connectivity index (χ1n) is 8.28. The molecule has 0 aromatic heterocycles. The van der Waals surface area contributed by atoms with Crippen LogP contribution in [-0.2, 0) is 4.79 Å². The highest BCUT2D eigenvalue weighted by Crippen LogP contribution is 2.19. The standard InChI is InChI=1S/C17H24ClN3O2/c18-14-3-1-13(2-4-14)16(22)11-20-7-9-21(10-8-20)12-17(23)19-15-5-6-15/h1-4,15-16,22H,5-12H2,(H,19,23). The molecule has 2 fully saturated rings. The SMILES string of the molecule is O=C(CN1CCN(CC(O)c2ccc(Cl)cc2)CC1)NC1CC1. The quantitative estimate of drug-likeness (QED) is 0.821. The van der Waals surface area contributed by atoms with Crippen molar-refractivity contribution in [1.29, 1.82) is 0 Å². The van der Waals surface area contributed by atoms with Gasteiger partial charge in [-0.15, -0.1) is 0 Å². The molecule has 1 aliphatic carbocycles. The Morgan fingerprint density at radius 1 is 1.17 bits per heavy atom. The molecular formula is C17H24ClN3O2. The van der Waals surface area contributed by atoms with Gasteiger partial charge >= 0.3 is 0 Å². The summed E-state index contributed by atoms with van der Waals surface area (Å²) in [6.07, 6.45) is 1.75. The van der Waals surface area contributed by atoms with Gasteiger partial charge < -0.3 is 10.4 Å². The third-order valence-corrected chi connectivity index (χ3v) is 4.71. The van der Waals surface area contributed by atoms with E-state index in [1.807, 2.05) is 12.1 Å². The van der Waals surface area contributed by atoms with E-state index in [-0.39, 0.29) is 5.91 Å². The molecule has 1 aliphatic heterocycles. The molecule has 6 heteroatoms. The minimum absolute atomic E-state index is 0.141. The first-order chi connectivity index (χ1) is 11.1. The highest BCUT2D eigenvalue weighted by molar-refractivity contribution is 6.30. The summed E-state index contributed by atoms with van der Waals surface area (Å²) in [7, 11) is 0. The molecule has 1 aromatic rings. The van der Waals surface area contributed by atoms with Crippen LogP contribution in [-0.4, -0.2) is 66.1 Å². The summed E-state index contributed by atoms with van der Waals surface area (Å²) in [6, 6.07) is 7.77. The van der Waals surface area contributed by atoms with E-state index < -0.39 is 6.10 Å². The van der Waals surface area contributed by atoms with Gasteiger partial charge in [0.2, 0.25) is 5.91 Å². The average molecular weight is 338 g/mol. The molecule has 0 spiro atoms. The van der Waals surface area contributed by atoms with E-state index in [9.17, 15) is 9.90 Å². The van der Waals surface area contributed by atoms with Crippen molar-refractivity contribution in [3.63, 3.8) is 0 Å². The number of amides is 1. The number of carbonyl (C=O) groups is 1. The summed E-state index contributed by atoms with van der Waals surface area (Å²) in [5, 5.41) is 14.0. The van der Waals surface area contributed by atoms with Gasteiger partial charge in [-0.1, -0.05) is 23.7 Å². The number of hydrogen-bond donors (Lipinski definition) is 2. The van der Waals surface area contributed by atoms with Gasteiger partial charge in [0.25, 0.3) is 0 Å². The van der Waals surface area contributed by atoms with E-state index in [1.165, 1.54) is 0 Å². The van der Waals surface area contributed by atoms with Gasteiger partial charge in [-0.05, 0) is 30.5 Å². The molecule has 126 valence electrons. The normalized spacial score (nSPS) is 21.1. The van der Waals surface area contributed by atoms with Gasteiger partial charge in [0.05, 0.1) is 12.6 Å².